The summed E-state index contributed by atoms with van der Waals surface area (Å²) >= 11 is 0. The fraction of sp³-hybridized carbons (Fsp3) is 0.286. The fourth-order valence-corrected chi connectivity index (χ4v) is 3.54. The second-order valence-electron chi connectivity index (χ2n) is 6.71. The van der Waals surface area contributed by atoms with Crippen LogP contribution >= 0.6 is 0 Å². The highest BCUT2D eigenvalue weighted by molar-refractivity contribution is 5.80. The zero-order chi connectivity index (χ0) is 17.9. The standard InChI is InChI=1S/C21H21FN2O2/c22-17-6-7-19-16(12-17)13-20(23-19)15-8-10-24(11-9-15)21(25)14-26-18-4-2-1-3-5-18/h1-7,12-13,15,23H,8-11,14H2. The highest BCUT2D eigenvalue weighted by Crippen LogP contribution is 2.30. The lowest BCUT2D eigenvalue weighted by Crippen LogP contribution is -2.40. The molecule has 134 valence electrons. The van der Waals surface area contributed by atoms with Crippen LogP contribution in [0.1, 0.15) is 24.5 Å². The van der Waals surface area contributed by atoms with Crippen molar-refractivity contribution in [2.24, 2.45) is 0 Å². The number of aromatic amines is 1. The minimum absolute atomic E-state index is 0.0195. The first-order chi connectivity index (χ1) is 12.7. The normalized spacial score (nSPS) is 15.3. The number of H-pyrrole nitrogens is 1. The Bertz CT molecular complexity index is 899. The molecule has 1 aromatic heterocycles. The molecule has 2 heterocycles. The largest absolute Gasteiger partial charge is 0.484 e. The number of para-hydroxylation sites is 1. The molecule has 0 bridgehead atoms. The van der Waals surface area contributed by atoms with Crippen LogP contribution < -0.4 is 4.74 Å². The fourth-order valence-electron chi connectivity index (χ4n) is 3.54. The first kappa shape index (κ1) is 16.6. The van der Waals surface area contributed by atoms with E-state index in [1.54, 1.807) is 12.1 Å². The Morgan fingerprint density at radius 1 is 1.12 bits per heavy atom. The molecule has 26 heavy (non-hydrogen) atoms. The summed E-state index contributed by atoms with van der Waals surface area (Å²) in [5, 5.41) is 0.898. The van der Waals surface area contributed by atoms with Gasteiger partial charge in [-0.3, -0.25) is 4.79 Å². The number of fused-ring (bicyclic) bond motifs is 1. The zero-order valence-electron chi connectivity index (χ0n) is 14.5. The highest BCUT2D eigenvalue weighted by Gasteiger charge is 2.25. The molecule has 0 spiro atoms. The number of benzene rings is 2. The summed E-state index contributed by atoms with van der Waals surface area (Å²) in [6, 6.07) is 16.2. The van der Waals surface area contributed by atoms with Crippen molar-refractivity contribution in [1.82, 2.24) is 9.88 Å². The predicted octanol–water partition coefficient (Wildman–Crippen LogP) is 4.09. The maximum Gasteiger partial charge on any atom is 0.260 e. The Morgan fingerprint density at radius 3 is 2.65 bits per heavy atom. The summed E-state index contributed by atoms with van der Waals surface area (Å²) in [7, 11) is 0. The number of aromatic nitrogens is 1. The number of halogens is 1. The van der Waals surface area contributed by atoms with Gasteiger partial charge in [-0.15, -0.1) is 0 Å². The van der Waals surface area contributed by atoms with E-state index in [0.717, 1.165) is 29.4 Å². The third kappa shape index (κ3) is 3.57. The lowest BCUT2D eigenvalue weighted by Gasteiger charge is -2.31. The monoisotopic (exact) mass is 352 g/mol. The Balaban J connectivity index is 1.33. The molecule has 1 amide bonds. The molecule has 1 N–H and O–H groups in total. The molecule has 0 saturated carbocycles. The topological polar surface area (TPSA) is 45.3 Å². The Hall–Kier alpha value is -2.82. The number of piperidine rings is 1. The molecule has 1 saturated heterocycles. The van der Waals surface area contributed by atoms with Crippen LogP contribution in [0, 0.1) is 5.82 Å². The van der Waals surface area contributed by atoms with Crippen molar-refractivity contribution < 1.29 is 13.9 Å². The molecule has 2 aromatic carbocycles. The smallest absolute Gasteiger partial charge is 0.260 e. The number of amides is 1. The van der Waals surface area contributed by atoms with E-state index in [1.807, 2.05) is 41.3 Å². The number of carbonyl (C=O) groups excluding carboxylic acids is 1. The number of rotatable bonds is 4. The van der Waals surface area contributed by atoms with Gasteiger partial charge in [-0.2, -0.15) is 0 Å². The lowest BCUT2D eigenvalue weighted by molar-refractivity contribution is -0.134. The minimum Gasteiger partial charge on any atom is -0.484 e. The summed E-state index contributed by atoms with van der Waals surface area (Å²) in [6.07, 6.45) is 1.79. The van der Waals surface area contributed by atoms with Gasteiger partial charge in [0.05, 0.1) is 0 Å². The maximum atomic E-state index is 13.4. The van der Waals surface area contributed by atoms with Crippen molar-refractivity contribution in [3.8, 4) is 5.75 Å². The number of likely N-dealkylation sites (tertiary alicyclic amines) is 1. The van der Waals surface area contributed by atoms with E-state index in [1.165, 1.54) is 6.07 Å². The van der Waals surface area contributed by atoms with Gasteiger partial charge in [-0.1, -0.05) is 18.2 Å². The van der Waals surface area contributed by atoms with Gasteiger partial charge in [-0.05, 0) is 49.2 Å². The van der Waals surface area contributed by atoms with Gasteiger partial charge in [0.25, 0.3) is 5.91 Å². The second-order valence-corrected chi connectivity index (χ2v) is 6.71. The van der Waals surface area contributed by atoms with Crippen molar-refractivity contribution in [2.75, 3.05) is 19.7 Å². The predicted molar refractivity (Wildman–Crippen MR) is 98.7 cm³/mol. The molecule has 0 radical (unpaired) electrons. The molecule has 0 unspecified atom stereocenters. The van der Waals surface area contributed by atoms with E-state index in [0.29, 0.717) is 24.8 Å². The summed E-state index contributed by atoms with van der Waals surface area (Å²) < 4.78 is 18.9. The molecular weight excluding hydrogens is 331 g/mol. The van der Waals surface area contributed by atoms with Crippen LogP contribution in [0.3, 0.4) is 0 Å². The van der Waals surface area contributed by atoms with E-state index < -0.39 is 0 Å². The molecule has 0 atom stereocenters. The number of hydrogen-bond donors (Lipinski definition) is 1. The molecular formula is C21H21FN2O2. The van der Waals surface area contributed by atoms with Gasteiger partial charge >= 0.3 is 0 Å². The van der Waals surface area contributed by atoms with Crippen LogP contribution in [-0.2, 0) is 4.79 Å². The average molecular weight is 352 g/mol. The Morgan fingerprint density at radius 2 is 1.88 bits per heavy atom. The van der Waals surface area contributed by atoms with Gasteiger partial charge in [-0.25, -0.2) is 4.39 Å². The molecule has 1 fully saturated rings. The van der Waals surface area contributed by atoms with E-state index in [2.05, 4.69) is 4.98 Å². The summed E-state index contributed by atoms with van der Waals surface area (Å²) in [4.78, 5) is 17.6. The Kier molecular flexibility index (Phi) is 4.61. The van der Waals surface area contributed by atoms with E-state index in [9.17, 15) is 9.18 Å². The van der Waals surface area contributed by atoms with Crippen molar-refractivity contribution in [2.45, 2.75) is 18.8 Å². The van der Waals surface area contributed by atoms with Gasteiger partial charge in [0.2, 0.25) is 0 Å². The molecule has 0 aliphatic carbocycles. The lowest BCUT2D eigenvalue weighted by atomic mass is 9.93. The molecule has 1 aliphatic rings. The summed E-state index contributed by atoms with van der Waals surface area (Å²) in [6.45, 7) is 1.50. The van der Waals surface area contributed by atoms with Gasteiger partial charge in [0.15, 0.2) is 6.61 Å². The highest BCUT2D eigenvalue weighted by atomic mass is 19.1. The van der Waals surface area contributed by atoms with Crippen LogP contribution in [0.5, 0.6) is 5.75 Å². The molecule has 4 rings (SSSR count). The van der Waals surface area contributed by atoms with Crippen LogP contribution in [0.2, 0.25) is 0 Å². The van der Waals surface area contributed by atoms with E-state index in [-0.39, 0.29) is 18.3 Å². The van der Waals surface area contributed by atoms with Crippen molar-refractivity contribution in [1.29, 1.82) is 0 Å². The maximum absolute atomic E-state index is 13.4. The zero-order valence-corrected chi connectivity index (χ0v) is 14.5. The third-order valence-electron chi connectivity index (χ3n) is 5.00. The first-order valence-electron chi connectivity index (χ1n) is 8.93. The van der Waals surface area contributed by atoms with Crippen LogP contribution in [0.15, 0.2) is 54.6 Å². The van der Waals surface area contributed by atoms with E-state index >= 15 is 0 Å². The number of ether oxygens (including phenoxy) is 1. The van der Waals surface area contributed by atoms with Crippen LogP contribution in [0.4, 0.5) is 4.39 Å². The van der Waals surface area contributed by atoms with Crippen LogP contribution in [-0.4, -0.2) is 35.5 Å². The van der Waals surface area contributed by atoms with Crippen molar-refractivity contribution in [3.05, 3.63) is 66.1 Å². The number of nitrogens with one attached hydrogen (secondary N) is 1. The van der Waals surface area contributed by atoms with E-state index in [4.69, 9.17) is 4.74 Å². The minimum atomic E-state index is -0.220. The molecule has 1 aliphatic heterocycles. The molecule has 4 nitrogen and oxygen atoms in total. The number of hydrogen-bond acceptors (Lipinski definition) is 2. The quantitative estimate of drug-likeness (QED) is 0.769. The van der Waals surface area contributed by atoms with Crippen molar-refractivity contribution in [3.63, 3.8) is 0 Å². The second kappa shape index (κ2) is 7.20. The first-order valence-corrected chi connectivity index (χ1v) is 8.93. The molecule has 5 heteroatoms. The summed E-state index contributed by atoms with van der Waals surface area (Å²) in [5.41, 5.74) is 2.08. The SMILES string of the molecule is O=C(COc1ccccc1)N1CCC(c2cc3cc(F)ccc3[nH]2)CC1. The van der Waals surface area contributed by atoms with Crippen LogP contribution in [0.25, 0.3) is 10.9 Å². The number of nitrogens with zero attached hydrogens (tertiary/aromatic N) is 1. The van der Waals surface area contributed by atoms with Gasteiger partial charge in [0.1, 0.15) is 11.6 Å². The van der Waals surface area contributed by atoms with Crippen molar-refractivity contribution >= 4 is 16.8 Å². The average Bonchev–Trinajstić information content (AvgIpc) is 3.10. The third-order valence-corrected chi connectivity index (χ3v) is 5.00. The van der Waals surface area contributed by atoms with Gasteiger partial charge in [0, 0.05) is 35.6 Å². The van der Waals surface area contributed by atoms with Gasteiger partial charge < -0.3 is 14.6 Å². The Labute approximate surface area is 151 Å². The number of carbonyl (C=O) groups is 1. The molecule has 3 aromatic rings. The summed E-state index contributed by atoms with van der Waals surface area (Å²) in [5.74, 6) is 0.874.